The predicted molar refractivity (Wildman–Crippen MR) is 121 cm³/mol. The Hall–Kier alpha value is -2.86. The molecule has 0 N–H and O–H groups in total. The third-order valence-corrected chi connectivity index (χ3v) is 5.27. The molecule has 0 bridgehead atoms. The molecule has 0 fully saturated rings. The van der Waals surface area contributed by atoms with Crippen LogP contribution in [0.15, 0.2) is 85.2 Å². The van der Waals surface area contributed by atoms with Crippen molar-refractivity contribution in [3.8, 4) is 0 Å². The number of nitrogens with zero attached hydrogens (tertiary/aromatic N) is 2. The molecule has 0 aliphatic heterocycles. The predicted octanol–water partition coefficient (Wildman–Crippen LogP) is 3.32. The van der Waals surface area contributed by atoms with Crippen LogP contribution in [0.1, 0.15) is 0 Å². The Labute approximate surface area is 183 Å². The Balaban J connectivity index is 1.05. The van der Waals surface area contributed by atoms with Crippen LogP contribution in [0.5, 0.6) is 0 Å². The number of rotatable bonds is 12. The number of hydrogen-bond donors (Lipinski definition) is 0. The first kappa shape index (κ1) is 21.4. The Morgan fingerprint density at radius 3 is 1.32 bits per heavy atom. The van der Waals surface area contributed by atoms with E-state index in [4.69, 9.17) is 14.2 Å². The number of benzene rings is 2. The lowest BCUT2D eigenvalue weighted by molar-refractivity contribution is -0.673. The summed E-state index contributed by atoms with van der Waals surface area (Å²) in [6, 6.07) is 25.2. The van der Waals surface area contributed by atoms with E-state index >= 15 is 0 Å². The average Bonchev–Trinajstić information content (AvgIpc) is 2.82. The van der Waals surface area contributed by atoms with Gasteiger partial charge in [0.25, 0.3) is 0 Å². The van der Waals surface area contributed by atoms with E-state index in [1.54, 1.807) is 0 Å². The first-order chi connectivity index (χ1) is 15.4. The van der Waals surface area contributed by atoms with Crippen LogP contribution in [0, 0.1) is 0 Å². The molecule has 0 aliphatic rings. The number of pyridine rings is 2. The summed E-state index contributed by atoms with van der Waals surface area (Å²) >= 11 is 0. The highest BCUT2D eigenvalue weighted by Gasteiger charge is 2.08. The Morgan fingerprint density at radius 1 is 0.452 bits per heavy atom. The normalized spacial score (nSPS) is 11.4. The van der Waals surface area contributed by atoms with Crippen LogP contribution in [0.2, 0.25) is 0 Å². The van der Waals surface area contributed by atoms with Gasteiger partial charge < -0.3 is 14.2 Å². The van der Waals surface area contributed by atoms with Gasteiger partial charge in [-0.2, -0.15) is 9.13 Å². The van der Waals surface area contributed by atoms with Crippen molar-refractivity contribution in [3.63, 3.8) is 0 Å². The molecule has 5 heteroatoms. The molecule has 0 aliphatic carbocycles. The zero-order valence-electron chi connectivity index (χ0n) is 17.9. The minimum atomic E-state index is 0.585. The van der Waals surface area contributed by atoms with Gasteiger partial charge in [0.05, 0.1) is 26.4 Å². The molecular formula is C26H30N2O3+2. The SMILES string of the molecule is c1ccc2c(c1)ccc[n+]2CCOCCOCCOCC[n+]1cccc2ccccc21. The summed E-state index contributed by atoms with van der Waals surface area (Å²) in [5, 5.41) is 2.49. The third-order valence-electron chi connectivity index (χ3n) is 5.27. The summed E-state index contributed by atoms with van der Waals surface area (Å²) in [6.07, 6.45) is 4.19. The molecule has 160 valence electrons. The van der Waals surface area contributed by atoms with Crippen molar-refractivity contribution in [3.05, 3.63) is 85.2 Å². The van der Waals surface area contributed by atoms with Crippen LogP contribution < -0.4 is 9.13 Å². The molecule has 2 heterocycles. The van der Waals surface area contributed by atoms with Gasteiger partial charge in [-0.1, -0.05) is 24.3 Å². The van der Waals surface area contributed by atoms with Crippen molar-refractivity contribution in [1.82, 2.24) is 0 Å². The van der Waals surface area contributed by atoms with Crippen molar-refractivity contribution in [2.75, 3.05) is 39.6 Å². The molecule has 0 amide bonds. The highest BCUT2D eigenvalue weighted by atomic mass is 16.5. The molecule has 5 nitrogen and oxygen atoms in total. The fraction of sp³-hybridized carbons (Fsp3) is 0.308. The van der Waals surface area contributed by atoms with Gasteiger partial charge in [-0.05, 0) is 24.3 Å². The number of ether oxygens (including phenoxy) is 3. The second kappa shape index (κ2) is 11.5. The zero-order valence-corrected chi connectivity index (χ0v) is 17.9. The molecule has 4 aromatic rings. The maximum atomic E-state index is 5.72. The van der Waals surface area contributed by atoms with Gasteiger partial charge in [-0.15, -0.1) is 0 Å². The summed E-state index contributed by atoms with van der Waals surface area (Å²) < 4.78 is 21.5. The molecule has 2 aromatic heterocycles. The smallest absolute Gasteiger partial charge is 0.212 e. The van der Waals surface area contributed by atoms with Crippen molar-refractivity contribution >= 4 is 21.8 Å². The molecular weight excluding hydrogens is 388 g/mol. The molecule has 0 unspecified atom stereocenters. The van der Waals surface area contributed by atoms with Gasteiger partial charge in [0.1, 0.15) is 13.2 Å². The van der Waals surface area contributed by atoms with E-state index in [1.165, 1.54) is 21.8 Å². The van der Waals surface area contributed by atoms with Gasteiger partial charge >= 0.3 is 0 Å². The van der Waals surface area contributed by atoms with E-state index < -0.39 is 0 Å². The van der Waals surface area contributed by atoms with Gasteiger partial charge in [0.15, 0.2) is 25.5 Å². The van der Waals surface area contributed by atoms with Gasteiger partial charge in [-0.25, -0.2) is 0 Å². The maximum absolute atomic E-state index is 5.72. The molecule has 0 spiro atoms. The number of aromatic nitrogens is 2. The van der Waals surface area contributed by atoms with Crippen molar-refractivity contribution in [2.45, 2.75) is 13.1 Å². The largest absolute Gasteiger partial charge is 0.377 e. The monoisotopic (exact) mass is 418 g/mol. The lowest BCUT2D eigenvalue weighted by Gasteiger charge is -2.06. The van der Waals surface area contributed by atoms with Crippen LogP contribution in [0.25, 0.3) is 21.8 Å². The van der Waals surface area contributed by atoms with Gasteiger partial charge in [0, 0.05) is 35.0 Å². The number of fused-ring (bicyclic) bond motifs is 2. The van der Waals surface area contributed by atoms with E-state index in [2.05, 4.69) is 94.3 Å². The zero-order chi connectivity index (χ0) is 21.1. The van der Waals surface area contributed by atoms with Gasteiger partial charge in [0.2, 0.25) is 11.0 Å². The second-order valence-corrected chi connectivity index (χ2v) is 7.36. The molecule has 2 aromatic carbocycles. The fourth-order valence-electron chi connectivity index (χ4n) is 3.70. The molecule has 31 heavy (non-hydrogen) atoms. The van der Waals surface area contributed by atoms with E-state index in [1.807, 2.05) is 0 Å². The Morgan fingerprint density at radius 2 is 0.839 bits per heavy atom. The summed E-state index contributed by atoms with van der Waals surface area (Å²) in [5.41, 5.74) is 2.45. The summed E-state index contributed by atoms with van der Waals surface area (Å²) in [7, 11) is 0. The van der Waals surface area contributed by atoms with Crippen molar-refractivity contribution in [1.29, 1.82) is 0 Å². The summed E-state index contributed by atoms with van der Waals surface area (Å²) in [4.78, 5) is 0. The van der Waals surface area contributed by atoms with E-state index in [9.17, 15) is 0 Å². The van der Waals surface area contributed by atoms with Crippen molar-refractivity contribution in [2.24, 2.45) is 0 Å². The molecule has 0 saturated heterocycles. The van der Waals surface area contributed by atoms with E-state index in [-0.39, 0.29) is 0 Å². The van der Waals surface area contributed by atoms with Crippen LogP contribution in [0.4, 0.5) is 0 Å². The third kappa shape index (κ3) is 6.07. The second-order valence-electron chi connectivity index (χ2n) is 7.36. The Kier molecular flexibility index (Phi) is 7.94. The fourth-order valence-corrected chi connectivity index (χ4v) is 3.70. The van der Waals surface area contributed by atoms with Crippen LogP contribution >= 0.6 is 0 Å². The molecule has 0 saturated carbocycles. The summed E-state index contributed by atoms with van der Waals surface area (Å²) in [6.45, 7) is 5.35. The standard InChI is InChI=1S/C26H30N2O3/c1-3-11-25-23(7-1)9-5-13-27(25)15-17-29-19-21-31-22-20-30-18-16-28-14-6-10-24-8-2-4-12-26(24)28/h1-14H,15-22H2/q+2. The highest BCUT2D eigenvalue weighted by molar-refractivity contribution is 5.75. The molecule has 0 atom stereocenters. The quantitative estimate of drug-likeness (QED) is 0.262. The minimum absolute atomic E-state index is 0.585. The topological polar surface area (TPSA) is 35.5 Å². The lowest BCUT2D eigenvalue weighted by atomic mass is 10.2. The first-order valence-electron chi connectivity index (χ1n) is 10.9. The number of para-hydroxylation sites is 2. The van der Waals surface area contributed by atoms with Crippen molar-refractivity contribution < 1.29 is 23.3 Å². The first-order valence-corrected chi connectivity index (χ1v) is 10.9. The van der Waals surface area contributed by atoms with Crippen LogP contribution in [0.3, 0.4) is 0 Å². The molecule has 0 radical (unpaired) electrons. The number of hydrogen-bond acceptors (Lipinski definition) is 3. The summed E-state index contributed by atoms with van der Waals surface area (Å²) in [5.74, 6) is 0. The van der Waals surface area contributed by atoms with E-state index in [0.717, 1.165) is 13.1 Å². The Bertz CT molecular complexity index is 1000. The maximum Gasteiger partial charge on any atom is 0.212 e. The van der Waals surface area contributed by atoms with Crippen LogP contribution in [-0.2, 0) is 27.3 Å². The highest BCUT2D eigenvalue weighted by Crippen LogP contribution is 2.08. The van der Waals surface area contributed by atoms with Gasteiger partial charge in [-0.3, -0.25) is 0 Å². The average molecular weight is 419 g/mol. The van der Waals surface area contributed by atoms with E-state index in [0.29, 0.717) is 39.6 Å². The molecule has 4 rings (SSSR count). The lowest BCUT2D eigenvalue weighted by Crippen LogP contribution is -2.36. The minimum Gasteiger partial charge on any atom is -0.377 e. The van der Waals surface area contributed by atoms with Crippen LogP contribution in [-0.4, -0.2) is 39.6 Å².